The molecule has 2 N–H and O–H groups in total. The maximum absolute atomic E-state index is 11.5. The summed E-state index contributed by atoms with van der Waals surface area (Å²) < 4.78 is 34.2. The third-order valence-corrected chi connectivity index (χ3v) is 6.31. The van der Waals surface area contributed by atoms with E-state index in [2.05, 4.69) is 10.1 Å². The second-order valence-corrected chi connectivity index (χ2v) is 9.08. The molecule has 9 heteroatoms. The summed E-state index contributed by atoms with van der Waals surface area (Å²) >= 11 is 0. The lowest BCUT2D eigenvalue weighted by Gasteiger charge is -2.56. The van der Waals surface area contributed by atoms with E-state index < -0.39 is 15.4 Å². The fourth-order valence-electron chi connectivity index (χ4n) is 3.17. The molecule has 1 saturated carbocycles. The molecule has 1 aliphatic carbocycles. The standard InChI is InChI=1S/C17H23N3O4S.ClH/c1-5-23-13-10-17(18,16(13,2)3)15-19-14(20-24-15)11-6-8-12(9-7-11)25(4,21)22;/h6-9,13H,5,10,18H2,1-4H3;1H. The number of nitrogens with zero attached hydrogens (tertiary/aromatic N) is 2. The zero-order chi connectivity index (χ0) is 18.5. The molecule has 0 spiro atoms. The molecule has 0 aliphatic heterocycles. The van der Waals surface area contributed by atoms with Gasteiger partial charge in [-0.05, 0) is 31.2 Å². The molecule has 26 heavy (non-hydrogen) atoms. The molecular weight excluding hydrogens is 378 g/mol. The highest BCUT2D eigenvalue weighted by molar-refractivity contribution is 7.90. The van der Waals surface area contributed by atoms with Gasteiger partial charge in [-0.15, -0.1) is 12.4 Å². The highest BCUT2D eigenvalue weighted by Gasteiger charge is 2.62. The van der Waals surface area contributed by atoms with Crippen LogP contribution in [0.3, 0.4) is 0 Å². The van der Waals surface area contributed by atoms with Gasteiger partial charge in [0, 0.05) is 30.3 Å². The van der Waals surface area contributed by atoms with Crippen molar-refractivity contribution in [3.63, 3.8) is 0 Å². The van der Waals surface area contributed by atoms with Crippen molar-refractivity contribution in [1.82, 2.24) is 10.1 Å². The van der Waals surface area contributed by atoms with Gasteiger partial charge in [0.25, 0.3) is 0 Å². The first-order valence-electron chi connectivity index (χ1n) is 8.15. The summed E-state index contributed by atoms with van der Waals surface area (Å²) in [7, 11) is -3.24. The number of ether oxygens (including phenoxy) is 1. The van der Waals surface area contributed by atoms with Crippen LogP contribution < -0.4 is 5.73 Å². The van der Waals surface area contributed by atoms with E-state index in [0.29, 0.717) is 30.3 Å². The third kappa shape index (κ3) is 3.26. The van der Waals surface area contributed by atoms with E-state index in [4.69, 9.17) is 15.0 Å². The van der Waals surface area contributed by atoms with E-state index in [-0.39, 0.29) is 28.8 Å². The molecule has 7 nitrogen and oxygen atoms in total. The number of hydrogen-bond donors (Lipinski definition) is 1. The van der Waals surface area contributed by atoms with Crippen molar-refractivity contribution in [2.45, 2.75) is 43.7 Å². The second kappa shape index (κ2) is 6.92. The smallest absolute Gasteiger partial charge is 0.247 e. The van der Waals surface area contributed by atoms with Gasteiger partial charge >= 0.3 is 0 Å². The molecule has 1 aromatic heterocycles. The molecular formula is C17H24ClN3O4S. The molecule has 0 radical (unpaired) electrons. The van der Waals surface area contributed by atoms with E-state index in [9.17, 15) is 8.42 Å². The number of aromatic nitrogens is 2. The first-order chi connectivity index (χ1) is 11.6. The van der Waals surface area contributed by atoms with E-state index in [0.717, 1.165) is 0 Å². The van der Waals surface area contributed by atoms with Crippen LogP contribution in [0.1, 0.15) is 33.1 Å². The zero-order valence-corrected chi connectivity index (χ0v) is 16.9. The maximum Gasteiger partial charge on any atom is 0.247 e. The predicted octanol–water partition coefficient (Wildman–Crippen LogP) is 2.55. The fraction of sp³-hybridized carbons (Fsp3) is 0.529. The second-order valence-electron chi connectivity index (χ2n) is 7.06. The quantitative estimate of drug-likeness (QED) is 0.819. The summed E-state index contributed by atoms with van der Waals surface area (Å²) in [6.07, 6.45) is 1.83. The molecule has 2 aromatic rings. The number of nitrogens with two attached hydrogens (primary N) is 1. The maximum atomic E-state index is 11.5. The number of sulfone groups is 1. The summed E-state index contributed by atoms with van der Waals surface area (Å²) in [5.74, 6) is 0.756. The van der Waals surface area contributed by atoms with Crippen molar-refractivity contribution in [3.05, 3.63) is 30.2 Å². The molecule has 1 aromatic carbocycles. The summed E-state index contributed by atoms with van der Waals surface area (Å²) in [5.41, 5.74) is 6.14. The van der Waals surface area contributed by atoms with Crippen molar-refractivity contribution < 1.29 is 17.7 Å². The molecule has 0 bridgehead atoms. The zero-order valence-electron chi connectivity index (χ0n) is 15.2. The Morgan fingerprint density at radius 1 is 1.31 bits per heavy atom. The molecule has 2 atom stereocenters. The average Bonchev–Trinajstić information content (AvgIpc) is 3.04. The fourth-order valence-corrected chi connectivity index (χ4v) is 3.80. The number of hydrogen-bond acceptors (Lipinski definition) is 7. The van der Waals surface area contributed by atoms with Gasteiger partial charge in [0.15, 0.2) is 9.84 Å². The average molecular weight is 402 g/mol. The van der Waals surface area contributed by atoms with Gasteiger partial charge < -0.3 is 15.0 Å². The molecule has 2 unspecified atom stereocenters. The minimum absolute atomic E-state index is 0. The normalized spacial score (nSPS) is 24.6. The Morgan fingerprint density at radius 2 is 1.92 bits per heavy atom. The van der Waals surface area contributed by atoms with Crippen molar-refractivity contribution in [2.75, 3.05) is 12.9 Å². The Bertz CT molecular complexity index is 880. The highest BCUT2D eigenvalue weighted by atomic mass is 35.5. The lowest BCUT2D eigenvalue weighted by molar-refractivity contribution is -0.162. The van der Waals surface area contributed by atoms with Crippen LogP contribution in [0.5, 0.6) is 0 Å². The minimum atomic E-state index is -3.24. The van der Waals surface area contributed by atoms with Crippen LogP contribution in [-0.2, 0) is 20.1 Å². The lowest BCUT2D eigenvalue weighted by Crippen LogP contribution is -2.67. The molecule has 1 aliphatic rings. The van der Waals surface area contributed by atoms with E-state index in [1.165, 1.54) is 18.4 Å². The van der Waals surface area contributed by atoms with Crippen LogP contribution in [0.15, 0.2) is 33.7 Å². The van der Waals surface area contributed by atoms with Crippen molar-refractivity contribution in [2.24, 2.45) is 11.1 Å². The van der Waals surface area contributed by atoms with Gasteiger partial charge in [-0.1, -0.05) is 19.0 Å². The van der Waals surface area contributed by atoms with E-state index in [1.54, 1.807) is 12.1 Å². The van der Waals surface area contributed by atoms with Gasteiger partial charge in [0.2, 0.25) is 11.7 Å². The number of benzene rings is 1. The van der Waals surface area contributed by atoms with Crippen molar-refractivity contribution >= 4 is 22.2 Å². The van der Waals surface area contributed by atoms with Crippen LogP contribution in [0.25, 0.3) is 11.4 Å². The van der Waals surface area contributed by atoms with Crippen molar-refractivity contribution in [3.8, 4) is 11.4 Å². The summed E-state index contributed by atoms with van der Waals surface area (Å²) in [6, 6.07) is 6.36. The molecule has 0 saturated heterocycles. The van der Waals surface area contributed by atoms with Crippen LogP contribution in [0, 0.1) is 5.41 Å². The van der Waals surface area contributed by atoms with Gasteiger partial charge in [0.1, 0.15) is 5.54 Å². The van der Waals surface area contributed by atoms with Crippen LogP contribution >= 0.6 is 12.4 Å². The Balaban J connectivity index is 0.00000243. The predicted molar refractivity (Wildman–Crippen MR) is 99.8 cm³/mol. The summed E-state index contributed by atoms with van der Waals surface area (Å²) in [6.45, 7) is 6.65. The first-order valence-corrected chi connectivity index (χ1v) is 10.0. The van der Waals surface area contributed by atoms with Crippen molar-refractivity contribution in [1.29, 1.82) is 0 Å². The van der Waals surface area contributed by atoms with Gasteiger partial charge in [-0.3, -0.25) is 0 Å². The largest absolute Gasteiger partial charge is 0.378 e. The molecule has 1 heterocycles. The van der Waals surface area contributed by atoms with E-state index in [1.807, 2.05) is 20.8 Å². The Hall–Kier alpha value is -1.48. The van der Waals surface area contributed by atoms with Crippen LogP contribution in [-0.4, -0.2) is 37.5 Å². The summed E-state index contributed by atoms with van der Waals surface area (Å²) in [4.78, 5) is 4.69. The molecule has 3 rings (SSSR count). The lowest BCUT2D eigenvalue weighted by atomic mass is 9.54. The number of rotatable bonds is 5. The minimum Gasteiger partial charge on any atom is -0.378 e. The Kier molecular flexibility index (Phi) is 5.54. The third-order valence-electron chi connectivity index (χ3n) is 5.18. The van der Waals surface area contributed by atoms with Crippen LogP contribution in [0.4, 0.5) is 0 Å². The topological polar surface area (TPSA) is 108 Å². The first kappa shape index (κ1) is 20.8. The highest BCUT2D eigenvalue weighted by Crippen LogP contribution is 2.55. The van der Waals surface area contributed by atoms with Crippen LogP contribution in [0.2, 0.25) is 0 Å². The molecule has 1 fully saturated rings. The Morgan fingerprint density at radius 3 is 2.42 bits per heavy atom. The molecule has 144 valence electrons. The van der Waals surface area contributed by atoms with Gasteiger partial charge in [-0.2, -0.15) is 4.98 Å². The molecule has 0 amide bonds. The van der Waals surface area contributed by atoms with E-state index >= 15 is 0 Å². The summed E-state index contributed by atoms with van der Waals surface area (Å²) in [5, 5.41) is 4.01. The number of halogens is 1. The Labute approximate surface area is 159 Å². The van der Waals surface area contributed by atoms with Gasteiger partial charge in [-0.25, -0.2) is 8.42 Å². The SMILES string of the molecule is CCOC1CC(N)(c2nc(-c3ccc(S(C)(=O)=O)cc3)no2)C1(C)C.Cl. The monoisotopic (exact) mass is 401 g/mol. The van der Waals surface area contributed by atoms with Gasteiger partial charge in [0.05, 0.1) is 11.0 Å².